The number of nitrogens with two attached hydrogens (primary N) is 1. The van der Waals surface area contributed by atoms with Crippen molar-refractivity contribution in [3.05, 3.63) is 59.2 Å². The molecule has 0 aliphatic heterocycles. The van der Waals surface area contributed by atoms with Crippen LogP contribution in [0.2, 0.25) is 0 Å². The average molecular weight is 292 g/mol. The minimum atomic E-state index is -1.54. The summed E-state index contributed by atoms with van der Waals surface area (Å²) in [6.07, 6.45) is 0. The Morgan fingerprint density at radius 2 is 1.90 bits per heavy atom. The molecule has 0 bridgehead atoms. The summed E-state index contributed by atoms with van der Waals surface area (Å²) in [5.74, 6) is -1.08. The normalized spacial score (nSPS) is 11.8. The summed E-state index contributed by atoms with van der Waals surface area (Å²) in [7, 11) is -1.54. The van der Waals surface area contributed by atoms with Crippen LogP contribution < -0.4 is 5.73 Å². The number of nitriles is 1. The molecule has 1 unspecified atom stereocenters. The van der Waals surface area contributed by atoms with Crippen LogP contribution in [-0.4, -0.2) is 4.21 Å². The Morgan fingerprint density at radius 3 is 2.55 bits per heavy atom. The van der Waals surface area contributed by atoms with Gasteiger partial charge in [-0.3, -0.25) is 4.21 Å². The van der Waals surface area contributed by atoms with Crippen molar-refractivity contribution in [2.75, 3.05) is 5.73 Å². The van der Waals surface area contributed by atoms with Crippen molar-refractivity contribution in [3.63, 3.8) is 0 Å². The molecule has 0 aliphatic rings. The van der Waals surface area contributed by atoms with Gasteiger partial charge in [-0.15, -0.1) is 0 Å². The highest BCUT2D eigenvalue weighted by molar-refractivity contribution is 7.84. The minimum Gasteiger partial charge on any atom is -0.398 e. The predicted octanol–water partition coefficient (Wildman–Crippen LogP) is 2.73. The van der Waals surface area contributed by atoms with Gasteiger partial charge in [-0.1, -0.05) is 0 Å². The first-order valence-corrected chi connectivity index (χ1v) is 6.94. The van der Waals surface area contributed by atoms with Crippen molar-refractivity contribution >= 4 is 16.5 Å². The molecule has 2 rings (SSSR count). The van der Waals surface area contributed by atoms with Crippen LogP contribution >= 0.6 is 0 Å². The van der Waals surface area contributed by atoms with E-state index < -0.39 is 22.4 Å². The fourth-order valence-electron chi connectivity index (χ4n) is 1.75. The van der Waals surface area contributed by atoms with Gasteiger partial charge in [0.15, 0.2) is 0 Å². The fourth-order valence-corrected chi connectivity index (χ4v) is 2.92. The van der Waals surface area contributed by atoms with Crippen molar-refractivity contribution in [2.24, 2.45) is 0 Å². The molecule has 0 radical (unpaired) electrons. The lowest BCUT2D eigenvalue weighted by molar-refractivity contribution is 0.625. The molecular weight excluding hydrogens is 282 g/mol. The Hall–Kier alpha value is -2.26. The third-order valence-corrected chi connectivity index (χ3v) is 4.06. The van der Waals surface area contributed by atoms with Gasteiger partial charge in [0.05, 0.1) is 38.8 Å². The lowest BCUT2D eigenvalue weighted by Gasteiger charge is -2.06. The highest BCUT2D eigenvalue weighted by Gasteiger charge is 2.11. The standard InChI is InChI=1S/C14H10F2N2OS/c15-11-1-2-14(13(18)6-11)20(19)8-10-3-9(7-17)4-12(16)5-10/h1-6H,8,18H2. The predicted molar refractivity (Wildman–Crippen MR) is 72.0 cm³/mol. The second kappa shape index (κ2) is 5.80. The van der Waals surface area contributed by atoms with Crippen molar-refractivity contribution in [2.45, 2.75) is 10.6 Å². The summed E-state index contributed by atoms with van der Waals surface area (Å²) in [4.78, 5) is 0.286. The highest BCUT2D eigenvalue weighted by Crippen LogP contribution is 2.21. The van der Waals surface area contributed by atoms with E-state index in [1.807, 2.05) is 6.07 Å². The van der Waals surface area contributed by atoms with Crippen LogP contribution in [0.25, 0.3) is 0 Å². The molecule has 0 spiro atoms. The molecule has 0 aliphatic carbocycles. The highest BCUT2D eigenvalue weighted by atomic mass is 32.2. The zero-order valence-electron chi connectivity index (χ0n) is 10.3. The fraction of sp³-hybridized carbons (Fsp3) is 0.0714. The molecule has 20 heavy (non-hydrogen) atoms. The Labute approximate surface area is 117 Å². The molecule has 0 saturated carbocycles. The average Bonchev–Trinajstić information content (AvgIpc) is 2.37. The topological polar surface area (TPSA) is 66.9 Å². The number of halogens is 2. The van der Waals surface area contributed by atoms with Crippen molar-refractivity contribution < 1.29 is 13.0 Å². The molecule has 0 saturated heterocycles. The van der Waals surface area contributed by atoms with Crippen LogP contribution in [0.4, 0.5) is 14.5 Å². The molecule has 102 valence electrons. The third kappa shape index (κ3) is 3.19. The summed E-state index contributed by atoms with van der Waals surface area (Å²) >= 11 is 0. The smallest absolute Gasteiger partial charge is 0.125 e. The Balaban J connectivity index is 2.28. The maximum absolute atomic E-state index is 13.3. The summed E-state index contributed by atoms with van der Waals surface area (Å²) in [6.45, 7) is 0. The van der Waals surface area contributed by atoms with E-state index in [1.165, 1.54) is 18.2 Å². The molecule has 6 heteroatoms. The number of benzene rings is 2. The summed E-state index contributed by atoms with van der Waals surface area (Å²) in [5.41, 5.74) is 6.26. The second-order valence-corrected chi connectivity index (χ2v) is 5.55. The first-order valence-electron chi connectivity index (χ1n) is 5.62. The molecule has 2 aromatic carbocycles. The van der Waals surface area contributed by atoms with E-state index in [2.05, 4.69) is 0 Å². The maximum atomic E-state index is 13.3. The second-order valence-electron chi connectivity index (χ2n) is 4.13. The molecular formula is C14H10F2N2OS. The number of nitrogen functional groups attached to an aromatic ring is 1. The first kappa shape index (κ1) is 14.2. The van der Waals surface area contributed by atoms with Gasteiger partial charge in [-0.25, -0.2) is 8.78 Å². The van der Waals surface area contributed by atoms with E-state index in [4.69, 9.17) is 11.0 Å². The largest absolute Gasteiger partial charge is 0.398 e. The van der Waals surface area contributed by atoms with Crippen LogP contribution in [0, 0.1) is 23.0 Å². The van der Waals surface area contributed by atoms with E-state index in [1.54, 1.807) is 0 Å². The zero-order chi connectivity index (χ0) is 14.7. The van der Waals surface area contributed by atoms with Gasteiger partial charge in [0.25, 0.3) is 0 Å². The lowest BCUT2D eigenvalue weighted by atomic mass is 10.1. The van der Waals surface area contributed by atoms with Crippen LogP contribution in [0.15, 0.2) is 41.3 Å². The molecule has 0 aromatic heterocycles. The summed E-state index contributed by atoms with van der Waals surface area (Å²) < 4.78 is 38.4. The van der Waals surface area contributed by atoms with Crippen molar-refractivity contribution in [3.8, 4) is 6.07 Å². The quantitative estimate of drug-likeness (QED) is 0.884. The van der Waals surface area contributed by atoms with Crippen LogP contribution in [-0.2, 0) is 16.6 Å². The Bertz CT molecular complexity index is 726. The van der Waals surface area contributed by atoms with Gasteiger partial charge < -0.3 is 5.73 Å². The van der Waals surface area contributed by atoms with Gasteiger partial charge in [-0.2, -0.15) is 5.26 Å². The van der Waals surface area contributed by atoms with Crippen LogP contribution in [0.5, 0.6) is 0 Å². The number of nitrogens with zero attached hydrogens (tertiary/aromatic N) is 1. The molecule has 2 N–H and O–H groups in total. The molecule has 3 nitrogen and oxygen atoms in total. The van der Waals surface area contributed by atoms with E-state index in [0.717, 1.165) is 18.2 Å². The van der Waals surface area contributed by atoms with Crippen LogP contribution in [0.3, 0.4) is 0 Å². The Kier molecular flexibility index (Phi) is 4.11. The van der Waals surface area contributed by atoms with Crippen LogP contribution in [0.1, 0.15) is 11.1 Å². The molecule has 0 heterocycles. The maximum Gasteiger partial charge on any atom is 0.125 e. The Morgan fingerprint density at radius 1 is 1.15 bits per heavy atom. The molecule has 1 atom stereocenters. The monoisotopic (exact) mass is 292 g/mol. The first-order chi connectivity index (χ1) is 9.49. The minimum absolute atomic E-state index is 0.00225. The van der Waals surface area contributed by atoms with Gasteiger partial charge >= 0.3 is 0 Å². The molecule has 0 fully saturated rings. The molecule has 0 amide bonds. The summed E-state index contributed by atoms with van der Waals surface area (Å²) in [6, 6.07) is 9.17. The van der Waals surface area contributed by atoms with E-state index in [9.17, 15) is 13.0 Å². The zero-order valence-corrected chi connectivity index (χ0v) is 11.1. The van der Waals surface area contributed by atoms with Gasteiger partial charge in [-0.05, 0) is 42.0 Å². The van der Waals surface area contributed by atoms with Gasteiger partial charge in [0, 0.05) is 0 Å². The van der Waals surface area contributed by atoms with Crippen molar-refractivity contribution in [1.29, 1.82) is 5.26 Å². The van der Waals surface area contributed by atoms with Gasteiger partial charge in [0.2, 0.25) is 0 Å². The number of anilines is 1. The number of rotatable bonds is 3. The third-order valence-electron chi connectivity index (χ3n) is 2.60. The van der Waals surface area contributed by atoms with Gasteiger partial charge in [0.1, 0.15) is 11.6 Å². The van der Waals surface area contributed by atoms with E-state index in [-0.39, 0.29) is 21.9 Å². The summed E-state index contributed by atoms with van der Waals surface area (Å²) in [5, 5.41) is 8.76. The lowest BCUT2D eigenvalue weighted by Crippen LogP contribution is -2.02. The SMILES string of the molecule is N#Cc1cc(F)cc(CS(=O)c2ccc(F)cc2N)c1. The van der Waals surface area contributed by atoms with Crippen molar-refractivity contribution in [1.82, 2.24) is 0 Å². The number of hydrogen-bond acceptors (Lipinski definition) is 3. The number of hydrogen-bond donors (Lipinski definition) is 1. The molecule has 2 aromatic rings. The van der Waals surface area contributed by atoms with E-state index in [0.29, 0.717) is 5.56 Å². The van der Waals surface area contributed by atoms with E-state index >= 15 is 0 Å².